The third kappa shape index (κ3) is 4.97. The number of benzene rings is 1. The third-order valence-corrected chi connectivity index (χ3v) is 4.56. The van der Waals surface area contributed by atoms with E-state index in [2.05, 4.69) is 41.0 Å². The Kier molecular flexibility index (Phi) is 6.36. The number of fused-ring (bicyclic) bond motifs is 1. The van der Waals surface area contributed by atoms with Crippen LogP contribution in [0.2, 0.25) is 0 Å². The van der Waals surface area contributed by atoms with Gasteiger partial charge in [-0.25, -0.2) is 19.9 Å². The predicted molar refractivity (Wildman–Crippen MR) is 120 cm³/mol. The normalized spacial score (nSPS) is 11.6. The number of anilines is 1. The fourth-order valence-corrected chi connectivity index (χ4v) is 3.06. The van der Waals surface area contributed by atoms with Gasteiger partial charge in [0.25, 0.3) is 0 Å². The maximum absolute atomic E-state index is 5.58. The van der Waals surface area contributed by atoms with Gasteiger partial charge in [-0.05, 0) is 19.1 Å². The number of aliphatic imine (C=N–C) groups is 1. The molecule has 31 heavy (non-hydrogen) atoms. The van der Waals surface area contributed by atoms with Crippen LogP contribution in [0.25, 0.3) is 22.5 Å². The fraction of sp³-hybridized carbons (Fsp3) is 0.286. The summed E-state index contributed by atoms with van der Waals surface area (Å²) in [7, 11) is 1.86. The molecular formula is C21H25N9O. The lowest BCUT2D eigenvalue weighted by molar-refractivity contribution is 0.572. The molecule has 0 bridgehead atoms. The highest BCUT2D eigenvalue weighted by molar-refractivity contribution is 5.86. The highest BCUT2D eigenvalue weighted by Crippen LogP contribution is 2.18. The summed E-state index contributed by atoms with van der Waals surface area (Å²) in [5, 5.41) is 15.0. The predicted octanol–water partition coefficient (Wildman–Crippen LogP) is 2.19. The van der Waals surface area contributed by atoms with Crippen molar-refractivity contribution < 1.29 is 4.42 Å². The van der Waals surface area contributed by atoms with Gasteiger partial charge in [0.15, 0.2) is 11.6 Å². The van der Waals surface area contributed by atoms with Crippen molar-refractivity contribution in [1.29, 1.82) is 0 Å². The van der Waals surface area contributed by atoms with E-state index in [9.17, 15) is 0 Å². The van der Waals surface area contributed by atoms with E-state index in [0.717, 1.165) is 34.7 Å². The Morgan fingerprint density at radius 1 is 1.13 bits per heavy atom. The van der Waals surface area contributed by atoms with Crippen LogP contribution < -0.4 is 16.0 Å². The molecule has 3 N–H and O–H groups in total. The average molecular weight is 419 g/mol. The van der Waals surface area contributed by atoms with Gasteiger partial charge in [-0.15, -0.1) is 0 Å². The first-order valence-corrected chi connectivity index (χ1v) is 10.1. The number of hydrogen-bond donors (Lipinski definition) is 3. The van der Waals surface area contributed by atoms with E-state index in [0.29, 0.717) is 31.5 Å². The molecule has 160 valence electrons. The van der Waals surface area contributed by atoms with Crippen molar-refractivity contribution in [2.24, 2.45) is 12.0 Å². The Morgan fingerprint density at radius 2 is 2.00 bits per heavy atom. The summed E-state index contributed by atoms with van der Waals surface area (Å²) in [6.45, 7) is 4.52. The molecule has 0 saturated heterocycles. The van der Waals surface area contributed by atoms with Crippen molar-refractivity contribution in [2.75, 3.05) is 25.0 Å². The SMILES string of the molecule is CCNC(=NCc1coc(-c2ccccc2)n1)NCCNc1ncnc2c1cnn2C. The summed E-state index contributed by atoms with van der Waals surface area (Å²) in [6, 6.07) is 9.81. The number of nitrogens with one attached hydrogen (secondary N) is 3. The van der Waals surface area contributed by atoms with Crippen molar-refractivity contribution in [3.8, 4) is 11.5 Å². The molecule has 3 aromatic heterocycles. The maximum atomic E-state index is 5.58. The van der Waals surface area contributed by atoms with Gasteiger partial charge in [-0.2, -0.15) is 5.10 Å². The van der Waals surface area contributed by atoms with Crippen LogP contribution >= 0.6 is 0 Å². The molecule has 4 aromatic rings. The number of aryl methyl sites for hydroxylation is 1. The minimum absolute atomic E-state index is 0.418. The minimum atomic E-state index is 0.418. The van der Waals surface area contributed by atoms with Crippen LogP contribution in [-0.2, 0) is 13.6 Å². The van der Waals surface area contributed by atoms with Gasteiger partial charge in [-0.1, -0.05) is 18.2 Å². The van der Waals surface area contributed by atoms with Gasteiger partial charge in [0.2, 0.25) is 5.89 Å². The molecule has 3 heterocycles. The summed E-state index contributed by atoms with van der Waals surface area (Å²) in [4.78, 5) is 17.7. The maximum Gasteiger partial charge on any atom is 0.226 e. The standard InChI is InChI=1S/C21H25N9O/c1-3-22-21(25-11-16-13-31-20(29-16)15-7-5-4-6-8-15)24-10-9-23-18-17-12-28-30(2)19(17)27-14-26-18/h4-8,12-14H,3,9-11H2,1-2H3,(H2,22,24,25)(H,23,26,27). The Balaban J connectivity index is 1.31. The van der Waals surface area contributed by atoms with Crippen LogP contribution in [0.15, 0.2) is 58.5 Å². The molecule has 1 aromatic carbocycles. The molecule has 0 saturated carbocycles. The van der Waals surface area contributed by atoms with Crippen molar-refractivity contribution >= 4 is 22.8 Å². The van der Waals surface area contributed by atoms with Crippen LogP contribution in [0, 0.1) is 0 Å². The zero-order valence-electron chi connectivity index (χ0n) is 17.5. The van der Waals surface area contributed by atoms with Gasteiger partial charge in [0, 0.05) is 32.2 Å². The molecule has 10 nitrogen and oxygen atoms in total. The van der Waals surface area contributed by atoms with Crippen LogP contribution in [0.3, 0.4) is 0 Å². The first-order chi connectivity index (χ1) is 15.2. The van der Waals surface area contributed by atoms with E-state index in [4.69, 9.17) is 4.42 Å². The van der Waals surface area contributed by atoms with E-state index in [-0.39, 0.29) is 0 Å². The van der Waals surface area contributed by atoms with Gasteiger partial charge in [-0.3, -0.25) is 4.68 Å². The molecule has 0 aliphatic rings. The molecule has 0 unspecified atom stereocenters. The monoisotopic (exact) mass is 419 g/mol. The number of rotatable bonds is 8. The van der Waals surface area contributed by atoms with E-state index in [1.807, 2.05) is 44.3 Å². The third-order valence-electron chi connectivity index (χ3n) is 4.56. The number of guanidine groups is 1. The molecule has 0 spiro atoms. The highest BCUT2D eigenvalue weighted by Gasteiger charge is 2.08. The number of hydrogen-bond acceptors (Lipinski definition) is 7. The largest absolute Gasteiger partial charge is 0.444 e. The van der Waals surface area contributed by atoms with Crippen molar-refractivity contribution in [3.05, 3.63) is 54.8 Å². The number of aromatic nitrogens is 5. The Morgan fingerprint density at radius 3 is 2.84 bits per heavy atom. The van der Waals surface area contributed by atoms with Crippen molar-refractivity contribution in [1.82, 2.24) is 35.4 Å². The van der Waals surface area contributed by atoms with Gasteiger partial charge in [0.05, 0.1) is 18.1 Å². The van der Waals surface area contributed by atoms with Gasteiger partial charge >= 0.3 is 0 Å². The van der Waals surface area contributed by atoms with Crippen LogP contribution in [0.4, 0.5) is 5.82 Å². The Labute approximate surface area is 179 Å². The lowest BCUT2D eigenvalue weighted by Gasteiger charge is -2.12. The summed E-state index contributed by atoms with van der Waals surface area (Å²) < 4.78 is 7.30. The number of nitrogens with zero attached hydrogens (tertiary/aromatic N) is 6. The quantitative estimate of drug-likeness (QED) is 0.226. The molecule has 0 aliphatic heterocycles. The van der Waals surface area contributed by atoms with Crippen LogP contribution in [-0.4, -0.2) is 50.3 Å². The summed E-state index contributed by atoms with van der Waals surface area (Å²) in [5.74, 6) is 2.07. The summed E-state index contributed by atoms with van der Waals surface area (Å²) in [6.07, 6.45) is 4.94. The molecule has 10 heteroatoms. The lowest BCUT2D eigenvalue weighted by Crippen LogP contribution is -2.39. The topological polar surface area (TPSA) is 118 Å². The van der Waals surface area contributed by atoms with Gasteiger partial charge < -0.3 is 20.4 Å². The molecule has 4 rings (SSSR count). The van der Waals surface area contributed by atoms with E-state index in [1.54, 1.807) is 17.1 Å². The smallest absolute Gasteiger partial charge is 0.226 e. The second-order valence-corrected chi connectivity index (χ2v) is 6.79. The van der Waals surface area contributed by atoms with Crippen LogP contribution in [0.5, 0.6) is 0 Å². The summed E-state index contributed by atoms with van der Waals surface area (Å²) >= 11 is 0. The van der Waals surface area contributed by atoms with E-state index < -0.39 is 0 Å². The minimum Gasteiger partial charge on any atom is -0.444 e. The molecule has 0 atom stereocenters. The molecule has 0 fully saturated rings. The second kappa shape index (κ2) is 9.70. The Hall–Kier alpha value is -3.95. The average Bonchev–Trinajstić information content (AvgIpc) is 3.43. The van der Waals surface area contributed by atoms with E-state index in [1.165, 1.54) is 6.33 Å². The molecule has 0 radical (unpaired) electrons. The highest BCUT2D eigenvalue weighted by atomic mass is 16.3. The molecular weight excluding hydrogens is 394 g/mol. The second-order valence-electron chi connectivity index (χ2n) is 6.79. The first kappa shape index (κ1) is 20.3. The molecule has 0 amide bonds. The molecule has 0 aliphatic carbocycles. The number of oxazole rings is 1. The zero-order valence-corrected chi connectivity index (χ0v) is 17.5. The fourth-order valence-electron chi connectivity index (χ4n) is 3.06. The first-order valence-electron chi connectivity index (χ1n) is 10.1. The zero-order chi connectivity index (χ0) is 21.5. The van der Waals surface area contributed by atoms with Crippen molar-refractivity contribution in [2.45, 2.75) is 13.5 Å². The van der Waals surface area contributed by atoms with Gasteiger partial charge in [0.1, 0.15) is 24.1 Å². The lowest BCUT2D eigenvalue weighted by atomic mass is 10.2. The van der Waals surface area contributed by atoms with Crippen molar-refractivity contribution in [3.63, 3.8) is 0 Å². The van der Waals surface area contributed by atoms with Crippen LogP contribution in [0.1, 0.15) is 12.6 Å². The van der Waals surface area contributed by atoms with E-state index >= 15 is 0 Å². The summed E-state index contributed by atoms with van der Waals surface area (Å²) in [5.41, 5.74) is 2.51. The Bertz CT molecular complexity index is 1150.